The molecule has 0 heterocycles. The number of benzene rings is 1. The monoisotopic (exact) mass is 210 g/mol. The first-order chi connectivity index (χ1) is 6.93. The second-order valence-corrected chi connectivity index (χ2v) is 4.00. The normalized spacial score (nSPS) is 12.9. The molecule has 0 aliphatic carbocycles. The molecule has 0 amide bonds. The molecule has 82 valence electrons. The van der Waals surface area contributed by atoms with Crippen molar-refractivity contribution in [2.24, 2.45) is 0 Å². The standard InChI is InChI=1S/C12H15FO2/c1-7(2)9-4-5-11(13)10(6-9)8(3)12(14)15/h4-8H,1-3H3,(H,14,15). The van der Waals surface area contributed by atoms with Crippen LogP contribution in [0, 0.1) is 5.82 Å². The Morgan fingerprint density at radius 1 is 1.33 bits per heavy atom. The van der Waals surface area contributed by atoms with Crippen molar-refractivity contribution in [3.05, 3.63) is 35.1 Å². The molecule has 15 heavy (non-hydrogen) atoms. The van der Waals surface area contributed by atoms with E-state index in [-0.39, 0.29) is 11.5 Å². The van der Waals surface area contributed by atoms with Gasteiger partial charge in [-0.15, -0.1) is 0 Å². The SMILES string of the molecule is CC(C)c1ccc(F)c(C(C)C(=O)O)c1. The molecule has 0 aliphatic rings. The number of carbonyl (C=O) groups is 1. The number of rotatable bonds is 3. The van der Waals surface area contributed by atoms with Crippen LogP contribution in [-0.2, 0) is 4.79 Å². The molecule has 0 spiro atoms. The lowest BCUT2D eigenvalue weighted by Gasteiger charge is -2.12. The quantitative estimate of drug-likeness (QED) is 0.832. The lowest BCUT2D eigenvalue weighted by molar-refractivity contribution is -0.138. The highest BCUT2D eigenvalue weighted by atomic mass is 19.1. The molecule has 1 rings (SSSR count). The third-order valence-electron chi connectivity index (χ3n) is 2.52. The van der Waals surface area contributed by atoms with Crippen LogP contribution >= 0.6 is 0 Å². The molecule has 0 saturated carbocycles. The Balaban J connectivity index is 3.16. The summed E-state index contributed by atoms with van der Waals surface area (Å²) in [5.41, 5.74) is 1.22. The average molecular weight is 210 g/mol. The topological polar surface area (TPSA) is 37.3 Å². The Morgan fingerprint density at radius 2 is 1.93 bits per heavy atom. The van der Waals surface area contributed by atoms with E-state index in [2.05, 4.69) is 0 Å². The van der Waals surface area contributed by atoms with E-state index in [9.17, 15) is 9.18 Å². The molecule has 1 N–H and O–H groups in total. The van der Waals surface area contributed by atoms with Crippen LogP contribution in [0.5, 0.6) is 0 Å². The van der Waals surface area contributed by atoms with Gasteiger partial charge in [0.25, 0.3) is 0 Å². The summed E-state index contributed by atoms with van der Waals surface area (Å²) in [7, 11) is 0. The molecule has 1 aromatic rings. The number of hydrogen-bond acceptors (Lipinski definition) is 1. The first kappa shape index (κ1) is 11.7. The first-order valence-electron chi connectivity index (χ1n) is 4.95. The molecule has 0 bridgehead atoms. The average Bonchev–Trinajstić information content (AvgIpc) is 2.16. The maximum atomic E-state index is 13.4. The van der Waals surface area contributed by atoms with Gasteiger partial charge in [-0.05, 0) is 24.5 Å². The van der Waals surface area contributed by atoms with Crippen LogP contribution in [0.1, 0.15) is 43.7 Å². The maximum absolute atomic E-state index is 13.4. The largest absolute Gasteiger partial charge is 0.481 e. The smallest absolute Gasteiger partial charge is 0.310 e. The second kappa shape index (κ2) is 4.43. The Morgan fingerprint density at radius 3 is 2.40 bits per heavy atom. The Kier molecular flexibility index (Phi) is 3.45. The minimum absolute atomic E-state index is 0.258. The summed E-state index contributed by atoms with van der Waals surface area (Å²) in [5.74, 6) is -1.99. The summed E-state index contributed by atoms with van der Waals surface area (Å²) in [6.45, 7) is 5.47. The zero-order valence-corrected chi connectivity index (χ0v) is 9.12. The molecular formula is C12H15FO2. The van der Waals surface area contributed by atoms with Crippen molar-refractivity contribution in [3.63, 3.8) is 0 Å². The lowest BCUT2D eigenvalue weighted by atomic mass is 9.94. The van der Waals surface area contributed by atoms with Gasteiger partial charge in [-0.25, -0.2) is 4.39 Å². The van der Waals surface area contributed by atoms with Crippen molar-refractivity contribution in [2.75, 3.05) is 0 Å². The summed E-state index contributed by atoms with van der Waals surface area (Å²) < 4.78 is 13.4. The van der Waals surface area contributed by atoms with Gasteiger partial charge in [0.1, 0.15) is 5.82 Å². The van der Waals surface area contributed by atoms with Gasteiger partial charge in [-0.1, -0.05) is 26.0 Å². The van der Waals surface area contributed by atoms with Crippen LogP contribution in [0.3, 0.4) is 0 Å². The van der Waals surface area contributed by atoms with Gasteiger partial charge in [0.15, 0.2) is 0 Å². The van der Waals surface area contributed by atoms with Crippen LogP contribution in [-0.4, -0.2) is 11.1 Å². The number of hydrogen-bond donors (Lipinski definition) is 1. The van der Waals surface area contributed by atoms with Gasteiger partial charge in [0, 0.05) is 5.56 Å². The highest BCUT2D eigenvalue weighted by Crippen LogP contribution is 2.24. The van der Waals surface area contributed by atoms with E-state index in [1.54, 1.807) is 12.1 Å². The molecule has 0 fully saturated rings. The fraction of sp³-hybridized carbons (Fsp3) is 0.417. The number of aliphatic carboxylic acids is 1. The highest BCUT2D eigenvalue weighted by Gasteiger charge is 2.18. The van der Waals surface area contributed by atoms with Crippen molar-refractivity contribution in [2.45, 2.75) is 32.6 Å². The first-order valence-corrected chi connectivity index (χ1v) is 4.95. The minimum atomic E-state index is -1.00. The van der Waals surface area contributed by atoms with Gasteiger partial charge < -0.3 is 5.11 Å². The number of carboxylic acids is 1. The van der Waals surface area contributed by atoms with Crippen molar-refractivity contribution in [1.29, 1.82) is 0 Å². The molecule has 0 aromatic heterocycles. The molecule has 0 aliphatic heterocycles. The van der Waals surface area contributed by atoms with Gasteiger partial charge in [0.2, 0.25) is 0 Å². The summed E-state index contributed by atoms with van der Waals surface area (Å²) in [5, 5.41) is 8.82. The highest BCUT2D eigenvalue weighted by molar-refractivity contribution is 5.75. The summed E-state index contributed by atoms with van der Waals surface area (Å²) >= 11 is 0. The van der Waals surface area contributed by atoms with E-state index >= 15 is 0 Å². The lowest BCUT2D eigenvalue weighted by Crippen LogP contribution is -2.10. The summed E-state index contributed by atoms with van der Waals surface area (Å²) in [6, 6.07) is 4.67. The predicted molar refractivity (Wildman–Crippen MR) is 56.5 cm³/mol. The zero-order chi connectivity index (χ0) is 11.6. The van der Waals surface area contributed by atoms with Crippen LogP contribution in [0.2, 0.25) is 0 Å². The van der Waals surface area contributed by atoms with Crippen molar-refractivity contribution >= 4 is 5.97 Å². The predicted octanol–water partition coefficient (Wildman–Crippen LogP) is 3.14. The van der Waals surface area contributed by atoms with Crippen LogP contribution in [0.15, 0.2) is 18.2 Å². The fourth-order valence-electron chi connectivity index (χ4n) is 1.39. The van der Waals surface area contributed by atoms with E-state index < -0.39 is 17.7 Å². The maximum Gasteiger partial charge on any atom is 0.310 e. The molecule has 1 unspecified atom stereocenters. The summed E-state index contributed by atoms with van der Waals surface area (Å²) in [6.07, 6.45) is 0. The van der Waals surface area contributed by atoms with Crippen LogP contribution in [0.25, 0.3) is 0 Å². The molecule has 1 aromatic carbocycles. The van der Waals surface area contributed by atoms with Crippen molar-refractivity contribution in [1.82, 2.24) is 0 Å². The van der Waals surface area contributed by atoms with Gasteiger partial charge in [0.05, 0.1) is 5.92 Å². The van der Waals surface area contributed by atoms with Crippen LogP contribution in [0.4, 0.5) is 4.39 Å². The van der Waals surface area contributed by atoms with Crippen molar-refractivity contribution < 1.29 is 14.3 Å². The molecule has 1 atom stereocenters. The molecule has 2 nitrogen and oxygen atoms in total. The van der Waals surface area contributed by atoms with E-state index in [4.69, 9.17) is 5.11 Å². The Labute approximate surface area is 88.7 Å². The van der Waals surface area contributed by atoms with E-state index in [0.717, 1.165) is 5.56 Å². The Hall–Kier alpha value is -1.38. The molecular weight excluding hydrogens is 195 g/mol. The second-order valence-electron chi connectivity index (χ2n) is 4.00. The number of carboxylic acid groups (broad SMARTS) is 1. The minimum Gasteiger partial charge on any atom is -0.481 e. The van der Waals surface area contributed by atoms with E-state index in [1.165, 1.54) is 13.0 Å². The summed E-state index contributed by atoms with van der Waals surface area (Å²) in [4.78, 5) is 10.8. The Bertz CT molecular complexity index is 372. The fourth-order valence-corrected chi connectivity index (χ4v) is 1.39. The third kappa shape index (κ3) is 2.55. The van der Waals surface area contributed by atoms with E-state index in [1.807, 2.05) is 13.8 Å². The molecule has 0 saturated heterocycles. The van der Waals surface area contributed by atoms with Crippen LogP contribution < -0.4 is 0 Å². The number of halogens is 1. The third-order valence-corrected chi connectivity index (χ3v) is 2.52. The molecule has 3 heteroatoms. The van der Waals surface area contributed by atoms with Gasteiger partial charge in [-0.2, -0.15) is 0 Å². The van der Waals surface area contributed by atoms with Gasteiger partial charge in [-0.3, -0.25) is 4.79 Å². The van der Waals surface area contributed by atoms with Crippen molar-refractivity contribution in [3.8, 4) is 0 Å². The molecule has 0 radical (unpaired) electrons. The van der Waals surface area contributed by atoms with Gasteiger partial charge >= 0.3 is 5.97 Å². The zero-order valence-electron chi connectivity index (χ0n) is 9.12. The van der Waals surface area contributed by atoms with E-state index in [0.29, 0.717) is 0 Å².